The third-order valence-electron chi connectivity index (χ3n) is 4.24. The van der Waals surface area contributed by atoms with Crippen molar-refractivity contribution in [3.63, 3.8) is 0 Å². The molecule has 0 bridgehead atoms. The smallest absolute Gasteiger partial charge is 0.214 e. The Morgan fingerprint density at radius 2 is 1.29 bits per heavy atom. The zero-order valence-corrected chi connectivity index (χ0v) is 17.5. The molecule has 0 spiro atoms. The molecule has 3 aromatic carbocycles. The molecule has 2 nitrogen and oxygen atoms in total. The topological polar surface area (TPSA) is 34.1 Å². The van der Waals surface area contributed by atoms with Gasteiger partial charge < -0.3 is 0 Å². The molecule has 0 saturated carbocycles. The van der Waals surface area contributed by atoms with Gasteiger partial charge in [-0.3, -0.25) is 0 Å². The van der Waals surface area contributed by atoms with Crippen LogP contribution < -0.4 is 0 Å². The highest BCUT2D eigenvalue weighted by Crippen LogP contribution is 2.30. The summed E-state index contributed by atoms with van der Waals surface area (Å²) in [5.41, 5.74) is 5.36. The molecule has 0 fully saturated rings. The molecule has 0 amide bonds. The van der Waals surface area contributed by atoms with Gasteiger partial charge in [-0.2, -0.15) is 0 Å². The number of allylic oxidation sites excluding steroid dienone is 1. The number of hydrogen-bond acceptors (Lipinski definition) is 2. The summed E-state index contributed by atoms with van der Waals surface area (Å²) < 4.78 is 26.8. The van der Waals surface area contributed by atoms with E-state index in [4.69, 9.17) is 23.2 Å². The van der Waals surface area contributed by atoms with Crippen molar-refractivity contribution in [1.29, 1.82) is 0 Å². The Morgan fingerprint density at radius 3 is 1.79 bits per heavy atom. The van der Waals surface area contributed by atoms with Crippen LogP contribution in [0.2, 0.25) is 10.0 Å². The summed E-state index contributed by atoms with van der Waals surface area (Å²) in [5, 5.41) is 1.16. The maximum atomic E-state index is 13.4. The van der Waals surface area contributed by atoms with Crippen LogP contribution in [0, 0.1) is 0 Å². The molecule has 3 aromatic rings. The average Bonchev–Trinajstić information content (AvgIpc) is 2.71. The van der Waals surface area contributed by atoms with Crippen LogP contribution in [0.4, 0.5) is 0 Å². The average molecular weight is 429 g/mol. The van der Waals surface area contributed by atoms with Gasteiger partial charge in [0.25, 0.3) is 0 Å². The summed E-state index contributed by atoms with van der Waals surface area (Å²) in [6.45, 7) is 1.96. The summed E-state index contributed by atoms with van der Waals surface area (Å²) in [6.07, 6.45) is 0.614. The highest BCUT2D eigenvalue weighted by atomic mass is 35.5. The van der Waals surface area contributed by atoms with Crippen molar-refractivity contribution < 1.29 is 8.42 Å². The number of benzene rings is 3. The SMILES string of the molecule is CCC(=C=C(c1ccc(Cl)cc1)S(=O)(=O)c1ccccc1)c1ccc(Cl)cc1. The van der Waals surface area contributed by atoms with Crippen LogP contribution in [0.15, 0.2) is 89.5 Å². The molecule has 0 radical (unpaired) electrons. The van der Waals surface area contributed by atoms with Crippen molar-refractivity contribution in [2.45, 2.75) is 18.2 Å². The van der Waals surface area contributed by atoms with Crippen LogP contribution >= 0.6 is 23.2 Å². The number of halogens is 2. The van der Waals surface area contributed by atoms with Gasteiger partial charge in [-0.25, -0.2) is 8.42 Å². The second kappa shape index (κ2) is 8.81. The number of rotatable bonds is 5. The van der Waals surface area contributed by atoms with Crippen LogP contribution in [-0.4, -0.2) is 8.42 Å². The lowest BCUT2D eigenvalue weighted by molar-refractivity contribution is 0.606. The van der Waals surface area contributed by atoms with E-state index in [1.165, 1.54) is 0 Å². The molecule has 3 rings (SSSR count). The molecular weight excluding hydrogens is 411 g/mol. The summed E-state index contributed by atoms with van der Waals surface area (Å²) in [7, 11) is -3.77. The monoisotopic (exact) mass is 428 g/mol. The van der Waals surface area contributed by atoms with Crippen LogP contribution in [0.25, 0.3) is 10.5 Å². The third kappa shape index (κ3) is 4.57. The first-order chi connectivity index (χ1) is 13.4. The van der Waals surface area contributed by atoms with Gasteiger partial charge in [-0.05, 0) is 48.4 Å². The Balaban J connectivity index is 2.31. The van der Waals surface area contributed by atoms with E-state index in [0.29, 0.717) is 22.0 Å². The molecule has 0 aliphatic rings. The first-order valence-corrected chi connectivity index (χ1v) is 11.0. The molecule has 0 heterocycles. The fourth-order valence-corrected chi connectivity index (χ4v) is 4.47. The van der Waals surface area contributed by atoms with E-state index in [-0.39, 0.29) is 9.80 Å². The first-order valence-electron chi connectivity index (χ1n) is 8.73. The van der Waals surface area contributed by atoms with Crippen molar-refractivity contribution >= 4 is 43.5 Å². The van der Waals surface area contributed by atoms with Gasteiger partial charge in [0.2, 0.25) is 9.84 Å². The summed E-state index contributed by atoms with van der Waals surface area (Å²) >= 11 is 12.0. The lowest BCUT2D eigenvalue weighted by Crippen LogP contribution is -2.04. The first kappa shape index (κ1) is 20.4. The molecule has 0 N–H and O–H groups in total. The van der Waals surface area contributed by atoms with Crippen molar-refractivity contribution in [2.24, 2.45) is 0 Å². The van der Waals surface area contributed by atoms with Gasteiger partial charge in [0, 0.05) is 21.2 Å². The van der Waals surface area contributed by atoms with Crippen molar-refractivity contribution in [3.8, 4) is 0 Å². The van der Waals surface area contributed by atoms with Crippen molar-refractivity contribution in [2.75, 3.05) is 0 Å². The van der Waals surface area contributed by atoms with E-state index in [9.17, 15) is 8.42 Å². The summed E-state index contributed by atoms with van der Waals surface area (Å²) in [6, 6.07) is 22.4. The Labute approximate surface area is 175 Å². The molecule has 0 unspecified atom stereocenters. The molecule has 0 aliphatic carbocycles. The Kier molecular flexibility index (Phi) is 6.43. The molecule has 5 heteroatoms. The molecule has 28 heavy (non-hydrogen) atoms. The lowest BCUT2D eigenvalue weighted by atomic mass is 10.0. The molecule has 0 saturated heterocycles. The fraction of sp³-hybridized carbons (Fsp3) is 0.0870. The van der Waals surface area contributed by atoms with Crippen LogP contribution in [0.1, 0.15) is 24.5 Å². The molecule has 142 valence electrons. The minimum Gasteiger partial charge on any atom is -0.218 e. The molecular formula is C23H18Cl2O2S. The Hall–Kier alpha value is -2.29. The van der Waals surface area contributed by atoms with E-state index in [0.717, 1.165) is 11.1 Å². The summed E-state index contributed by atoms with van der Waals surface area (Å²) in [5.74, 6) is 0. The van der Waals surface area contributed by atoms with Crippen LogP contribution in [0.3, 0.4) is 0 Å². The van der Waals surface area contributed by atoms with Gasteiger partial charge in [0.05, 0.1) is 4.90 Å². The van der Waals surface area contributed by atoms with E-state index in [1.54, 1.807) is 66.7 Å². The van der Waals surface area contributed by atoms with Crippen LogP contribution in [0.5, 0.6) is 0 Å². The van der Waals surface area contributed by atoms with Gasteiger partial charge in [-0.1, -0.05) is 78.3 Å². The second-order valence-electron chi connectivity index (χ2n) is 6.12. The summed E-state index contributed by atoms with van der Waals surface area (Å²) in [4.78, 5) is 0.334. The minimum absolute atomic E-state index is 0.113. The minimum atomic E-state index is -3.77. The van der Waals surface area contributed by atoms with Crippen molar-refractivity contribution in [3.05, 3.63) is 106 Å². The largest absolute Gasteiger partial charge is 0.218 e. The predicted octanol–water partition coefficient (Wildman–Crippen LogP) is 6.90. The number of hydrogen-bond donors (Lipinski definition) is 0. The fourth-order valence-electron chi connectivity index (χ4n) is 2.77. The zero-order valence-electron chi connectivity index (χ0n) is 15.2. The number of sulfone groups is 1. The van der Waals surface area contributed by atoms with Crippen molar-refractivity contribution in [1.82, 2.24) is 0 Å². The highest BCUT2D eigenvalue weighted by molar-refractivity contribution is 8.00. The Bertz CT molecular complexity index is 1130. The highest BCUT2D eigenvalue weighted by Gasteiger charge is 2.22. The van der Waals surface area contributed by atoms with Gasteiger partial charge in [0.1, 0.15) is 4.91 Å². The second-order valence-corrected chi connectivity index (χ2v) is 8.88. The maximum absolute atomic E-state index is 13.4. The van der Waals surface area contributed by atoms with E-state index >= 15 is 0 Å². The third-order valence-corrected chi connectivity index (χ3v) is 6.51. The molecule has 0 aliphatic heterocycles. The standard InChI is InChI=1S/C23H18Cl2O2S/c1-2-17(18-8-12-20(24)13-9-18)16-23(19-10-14-21(25)15-11-19)28(26,27)22-6-4-3-5-7-22/h3-15H,2H2,1H3. The van der Waals surface area contributed by atoms with Gasteiger partial charge >= 0.3 is 0 Å². The van der Waals surface area contributed by atoms with E-state index in [2.05, 4.69) is 5.73 Å². The Morgan fingerprint density at radius 1 is 0.786 bits per heavy atom. The van der Waals surface area contributed by atoms with Gasteiger partial charge in [0.15, 0.2) is 0 Å². The normalized spacial score (nSPS) is 11.0. The van der Waals surface area contributed by atoms with E-state index < -0.39 is 9.84 Å². The quantitative estimate of drug-likeness (QED) is 0.414. The van der Waals surface area contributed by atoms with E-state index in [1.807, 2.05) is 19.1 Å². The maximum Gasteiger partial charge on any atom is 0.214 e. The zero-order chi connectivity index (χ0) is 20.1. The molecule has 0 aromatic heterocycles. The van der Waals surface area contributed by atoms with Crippen LogP contribution in [-0.2, 0) is 9.84 Å². The molecule has 0 atom stereocenters. The van der Waals surface area contributed by atoms with Gasteiger partial charge in [-0.15, -0.1) is 0 Å². The lowest BCUT2D eigenvalue weighted by Gasteiger charge is -2.10. The predicted molar refractivity (Wildman–Crippen MR) is 117 cm³/mol.